The van der Waals surface area contributed by atoms with Crippen molar-refractivity contribution in [2.75, 3.05) is 0 Å². The minimum absolute atomic E-state index is 0.0755. The Morgan fingerprint density at radius 1 is 1.15 bits per heavy atom. The van der Waals surface area contributed by atoms with Crippen LogP contribution in [0.15, 0.2) is 54.7 Å². The van der Waals surface area contributed by atoms with Gasteiger partial charge in [-0.15, -0.1) is 0 Å². The van der Waals surface area contributed by atoms with Crippen molar-refractivity contribution in [3.63, 3.8) is 0 Å². The van der Waals surface area contributed by atoms with Gasteiger partial charge in [-0.1, -0.05) is 61.8 Å². The van der Waals surface area contributed by atoms with Gasteiger partial charge in [0.15, 0.2) is 0 Å². The van der Waals surface area contributed by atoms with E-state index in [9.17, 15) is 9.90 Å². The highest BCUT2D eigenvalue weighted by Gasteiger charge is 2.32. The summed E-state index contributed by atoms with van der Waals surface area (Å²) in [6.45, 7) is 5.57. The van der Waals surface area contributed by atoms with E-state index in [2.05, 4.69) is 48.9 Å². The van der Waals surface area contributed by atoms with Crippen molar-refractivity contribution in [1.29, 1.82) is 0 Å². The number of aromatic nitrogens is 1. The molecule has 0 saturated carbocycles. The number of nitrogens with zero attached hydrogens (tertiary/aromatic N) is 1. The predicted molar refractivity (Wildman–Crippen MR) is 109 cm³/mol. The molecule has 1 N–H and O–H groups in total. The SMILES string of the molecule is CC1(C)Cc2c(-c3ccccc3)c(-c3ccc(Cl)c(CC(=O)O)c3)cn2C1. The van der Waals surface area contributed by atoms with Crippen molar-refractivity contribution < 1.29 is 9.90 Å². The number of hydrogen-bond donors (Lipinski definition) is 1. The van der Waals surface area contributed by atoms with Gasteiger partial charge in [-0.25, -0.2) is 0 Å². The molecule has 4 rings (SSSR count). The summed E-state index contributed by atoms with van der Waals surface area (Å²) >= 11 is 6.23. The van der Waals surface area contributed by atoms with Crippen molar-refractivity contribution in [3.05, 3.63) is 71.0 Å². The standard InChI is InChI=1S/C23H22ClNO2/c1-23(2)12-20-22(15-6-4-3-5-7-15)18(13-25(20)14-23)16-8-9-19(24)17(10-16)11-21(26)27/h3-10,13H,11-12,14H2,1-2H3,(H,26,27). The van der Waals surface area contributed by atoms with Crippen LogP contribution in [0.1, 0.15) is 25.1 Å². The van der Waals surface area contributed by atoms with Crippen molar-refractivity contribution >= 4 is 17.6 Å². The van der Waals surface area contributed by atoms with Crippen LogP contribution < -0.4 is 0 Å². The van der Waals surface area contributed by atoms with E-state index in [-0.39, 0.29) is 11.8 Å². The van der Waals surface area contributed by atoms with Crippen LogP contribution in [0.5, 0.6) is 0 Å². The van der Waals surface area contributed by atoms with E-state index in [0.717, 1.165) is 24.1 Å². The first-order valence-corrected chi connectivity index (χ1v) is 9.50. The normalized spacial score (nSPS) is 14.9. The molecule has 1 aromatic heterocycles. The van der Waals surface area contributed by atoms with Gasteiger partial charge in [-0.2, -0.15) is 0 Å². The molecule has 3 aromatic rings. The minimum Gasteiger partial charge on any atom is -0.481 e. The lowest BCUT2D eigenvalue weighted by Crippen LogP contribution is -2.12. The van der Waals surface area contributed by atoms with Crippen molar-refractivity contribution in [1.82, 2.24) is 4.57 Å². The summed E-state index contributed by atoms with van der Waals surface area (Å²) in [4.78, 5) is 11.2. The molecule has 0 unspecified atom stereocenters. The van der Waals surface area contributed by atoms with Gasteiger partial charge in [0.2, 0.25) is 0 Å². The van der Waals surface area contributed by atoms with Crippen molar-refractivity contribution in [3.8, 4) is 22.3 Å². The maximum atomic E-state index is 11.2. The van der Waals surface area contributed by atoms with E-state index in [1.54, 1.807) is 6.07 Å². The van der Waals surface area contributed by atoms with Crippen LogP contribution >= 0.6 is 11.6 Å². The average molecular weight is 380 g/mol. The third-order valence-corrected chi connectivity index (χ3v) is 5.56. The van der Waals surface area contributed by atoms with Gasteiger partial charge in [-0.3, -0.25) is 4.79 Å². The summed E-state index contributed by atoms with van der Waals surface area (Å²) in [5.41, 5.74) is 6.80. The number of fused-ring (bicyclic) bond motifs is 1. The number of carboxylic acid groups (broad SMARTS) is 1. The molecule has 0 radical (unpaired) electrons. The maximum Gasteiger partial charge on any atom is 0.307 e. The smallest absolute Gasteiger partial charge is 0.307 e. The van der Waals surface area contributed by atoms with Gasteiger partial charge in [0.1, 0.15) is 0 Å². The number of halogens is 1. The summed E-state index contributed by atoms with van der Waals surface area (Å²) in [6, 6.07) is 16.1. The van der Waals surface area contributed by atoms with E-state index in [1.807, 2.05) is 18.2 Å². The van der Waals surface area contributed by atoms with Crippen molar-refractivity contribution in [2.24, 2.45) is 5.41 Å². The molecule has 1 aliphatic rings. The number of benzene rings is 2. The van der Waals surface area contributed by atoms with Crippen LogP contribution in [0.4, 0.5) is 0 Å². The molecule has 2 heterocycles. The van der Waals surface area contributed by atoms with Gasteiger partial charge < -0.3 is 9.67 Å². The van der Waals surface area contributed by atoms with Gasteiger partial charge in [0.05, 0.1) is 6.42 Å². The molecule has 138 valence electrons. The Bertz CT molecular complexity index is 1020. The highest BCUT2D eigenvalue weighted by atomic mass is 35.5. The summed E-state index contributed by atoms with van der Waals surface area (Å²) in [5.74, 6) is -0.876. The Morgan fingerprint density at radius 3 is 2.59 bits per heavy atom. The molecule has 1 aliphatic heterocycles. The largest absolute Gasteiger partial charge is 0.481 e. The summed E-state index contributed by atoms with van der Waals surface area (Å²) in [6.07, 6.45) is 3.15. The maximum absolute atomic E-state index is 11.2. The van der Waals surface area contributed by atoms with Crippen LogP contribution in [0.2, 0.25) is 5.02 Å². The van der Waals surface area contributed by atoms with E-state index in [4.69, 9.17) is 11.6 Å². The van der Waals surface area contributed by atoms with Gasteiger partial charge in [0.25, 0.3) is 0 Å². The first kappa shape index (κ1) is 17.9. The Kier molecular flexibility index (Phi) is 4.35. The second-order valence-corrected chi connectivity index (χ2v) is 8.48. The number of carboxylic acids is 1. The first-order valence-electron chi connectivity index (χ1n) is 9.12. The van der Waals surface area contributed by atoms with Gasteiger partial charge >= 0.3 is 5.97 Å². The number of hydrogen-bond acceptors (Lipinski definition) is 1. The molecule has 0 aliphatic carbocycles. The molecular formula is C23H22ClNO2. The fourth-order valence-electron chi connectivity index (χ4n) is 4.09. The van der Waals surface area contributed by atoms with E-state index < -0.39 is 5.97 Å². The molecule has 0 atom stereocenters. The lowest BCUT2D eigenvalue weighted by Gasteiger charge is -2.16. The van der Waals surface area contributed by atoms with Crippen molar-refractivity contribution in [2.45, 2.75) is 33.2 Å². The second-order valence-electron chi connectivity index (χ2n) is 8.08. The third-order valence-electron chi connectivity index (χ3n) is 5.19. The van der Waals surface area contributed by atoms with Crippen LogP contribution in [-0.4, -0.2) is 15.6 Å². The molecule has 27 heavy (non-hydrogen) atoms. The summed E-state index contributed by atoms with van der Waals surface area (Å²) < 4.78 is 2.35. The zero-order valence-corrected chi connectivity index (χ0v) is 16.3. The quantitative estimate of drug-likeness (QED) is 0.633. The summed E-state index contributed by atoms with van der Waals surface area (Å²) in [7, 11) is 0. The Balaban J connectivity index is 1.89. The minimum atomic E-state index is -0.876. The molecule has 0 saturated heterocycles. The predicted octanol–water partition coefficient (Wildman–Crippen LogP) is 5.68. The highest BCUT2D eigenvalue weighted by Crippen LogP contribution is 2.44. The Labute approximate surface area is 164 Å². The lowest BCUT2D eigenvalue weighted by molar-refractivity contribution is -0.136. The fourth-order valence-corrected chi connectivity index (χ4v) is 4.27. The van der Waals surface area contributed by atoms with Gasteiger partial charge in [0, 0.05) is 34.6 Å². The lowest BCUT2D eigenvalue weighted by atomic mass is 9.87. The monoisotopic (exact) mass is 379 g/mol. The fraction of sp³-hybridized carbons (Fsp3) is 0.261. The molecule has 0 fully saturated rings. The zero-order chi connectivity index (χ0) is 19.2. The number of aliphatic carboxylic acids is 1. The number of rotatable bonds is 4. The van der Waals surface area contributed by atoms with E-state index in [1.165, 1.54) is 16.8 Å². The zero-order valence-electron chi connectivity index (χ0n) is 15.5. The second kappa shape index (κ2) is 6.58. The Hall–Kier alpha value is -2.52. The number of carbonyl (C=O) groups is 1. The molecule has 0 spiro atoms. The topological polar surface area (TPSA) is 42.2 Å². The van der Waals surface area contributed by atoms with Gasteiger partial charge in [-0.05, 0) is 40.7 Å². The molecule has 0 amide bonds. The first-order chi connectivity index (χ1) is 12.8. The van der Waals surface area contributed by atoms with Crippen LogP contribution in [0.25, 0.3) is 22.3 Å². The Morgan fingerprint density at radius 2 is 1.89 bits per heavy atom. The highest BCUT2D eigenvalue weighted by molar-refractivity contribution is 6.31. The van der Waals surface area contributed by atoms with E-state index in [0.29, 0.717) is 10.6 Å². The van der Waals surface area contributed by atoms with Crippen LogP contribution in [0.3, 0.4) is 0 Å². The van der Waals surface area contributed by atoms with Crippen LogP contribution in [-0.2, 0) is 24.2 Å². The average Bonchev–Trinajstić information content (AvgIpc) is 3.08. The van der Waals surface area contributed by atoms with E-state index >= 15 is 0 Å². The molecule has 2 aromatic carbocycles. The molecule has 4 heteroatoms. The molecular weight excluding hydrogens is 358 g/mol. The summed E-state index contributed by atoms with van der Waals surface area (Å²) in [5, 5.41) is 9.67. The third kappa shape index (κ3) is 3.40. The molecule has 3 nitrogen and oxygen atoms in total. The molecule has 0 bridgehead atoms. The van der Waals surface area contributed by atoms with Crippen LogP contribution in [0, 0.1) is 5.41 Å².